The van der Waals surface area contributed by atoms with E-state index in [0.29, 0.717) is 6.54 Å². The van der Waals surface area contributed by atoms with Crippen molar-refractivity contribution in [2.24, 2.45) is 0 Å². The zero-order valence-electron chi connectivity index (χ0n) is 12.9. The molecule has 0 fully saturated rings. The van der Waals surface area contributed by atoms with Gasteiger partial charge in [-0.1, -0.05) is 0 Å². The number of nitrogens with one attached hydrogen (secondary N) is 3. The van der Waals surface area contributed by atoms with Crippen molar-refractivity contribution in [2.45, 2.75) is 34.1 Å². The van der Waals surface area contributed by atoms with Gasteiger partial charge in [-0.05, 0) is 32.8 Å². The molecule has 2 rings (SSSR count). The van der Waals surface area contributed by atoms with Crippen LogP contribution in [0.2, 0.25) is 0 Å². The van der Waals surface area contributed by atoms with Crippen LogP contribution in [-0.4, -0.2) is 33.9 Å². The molecule has 0 aliphatic carbocycles. The van der Waals surface area contributed by atoms with E-state index in [4.69, 9.17) is 0 Å². The van der Waals surface area contributed by atoms with Crippen LogP contribution in [-0.2, 0) is 23.4 Å². The molecule has 6 nitrogen and oxygen atoms in total. The summed E-state index contributed by atoms with van der Waals surface area (Å²) >= 11 is 0. The Balaban J connectivity index is 0.00000220. The molecule has 0 unspecified atom stereocenters. The molecule has 2 heterocycles. The van der Waals surface area contributed by atoms with Crippen molar-refractivity contribution in [1.29, 1.82) is 0 Å². The van der Waals surface area contributed by atoms with Crippen LogP contribution in [0.25, 0.3) is 11.0 Å². The summed E-state index contributed by atoms with van der Waals surface area (Å²) in [4.78, 5) is 23.0. The Bertz CT molecular complexity index is 638. The topological polar surface area (TPSA) is 82.7 Å². The van der Waals surface area contributed by atoms with E-state index in [1.165, 1.54) is 12.5 Å². The van der Waals surface area contributed by atoms with Crippen molar-refractivity contribution >= 4 is 22.8 Å². The monoisotopic (exact) mass is 326 g/mol. The summed E-state index contributed by atoms with van der Waals surface area (Å²) in [6.45, 7) is 8.93. The van der Waals surface area contributed by atoms with E-state index in [2.05, 4.69) is 32.5 Å². The Hall–Kier alpha value is -1.53. The van der Waals surface area contributed by atoms with Crippen LogP contribution >= 0.6 is 0 Å². The third-order valence-electron chi connectivity index (χ3n) is 3.28. The van der Waals surface area contributed by atoms with Crippen molar-refractivity contribution in [3.8, 4) is 0 Å². The van der Waals surface area contributed by atoms with Gasteiger partial charge < -0.3 is 15.6 Å². The van der Waals surface area contributed by atoms with Crippen molar-refractivity contribution in [2.75, 3.05) is 18.4 Å². The third-order valence-corrected chi connectivity index (χ3v) is 3.28. The maximum absolute atomic E-state index is 10.8. The zero-order chi connectivity index (χ0) is 14.7. The molecule has 0 aliphatic rings. The largest absolute Gasteiger partial charge is 0.369 e. The number of nitrogens with zero attached hydrogens (tertiary/aromatic N) is 2. The maximum atomic E-state index is 10.8. The van der Waals surface area contributed by atoms with E-state index in [-0.39, 0.29) is 24.5 Å². The van der Waals surface area contributed by atoms with Gasteiger partial charge in [0.25, 0.3) is 0 Å². The SMILES string of the molecule is CC(=O)NCCCNc1nc(C)nc2[nH]c(C)c(C)c12.[V]. The van der Waals surface area contributed by atoms with Crippen molar-refractivity contribution in [3.63, 3.8) is 0 Å². The second-order valence-corrected chi connectivity index (χ2v) is 4.98. The van der Waals surface area contributed by atoms with Crippen molar-refractivity contribution < 1.29 is 23.4 Å². The number of anilines is 1. The fraction of sp³-hybridized carbons (Fsp3) is 0.500. The van der Waals surface area contributed by atoms with Crippen LogP contribution in [0.1, 0.15) is 30.4 Å². The van der Waals surface area contributed by atoms with Crippen LogP contribution in [0, 0.1) is 20.8 Å². The van der Waals surface area contributed by atoms with Gasteiger partial charge in [0, 0.05) is 44.3 Å². The summed E-state index contributed by atoms with van der Waals surface area (Å²) in [5.74, 6) is 1.60. The quantitative estimate of drug-likeness (QED) is 0.732. The number of carbonyl (C=O) groups is 1. The fourth-order valence-electron chi connectivity index (χ4n) is 2.16. The molecule has 0 saturated heterocycles. The predicted molar refractivity (Wildman–Crippen MR) is 79.9 cm³/mol. The number of hydrogen-bond acceptors (Lipinski definition) is 4. The molecule has 0 atom stereocenters. The van der Waals surface area contributed by atoms with Gasteiger partial charge >= 0.3 is 0 Å². The Morgan fingerprint density at radius 1 is 1.19 bits per heavy atom. The molecule has 2 aromatic rings. The minimum Gasteiger partial charge on any atom is -0.369 e. The standard InChI is InChI=1S/C14H21N5O.V/c1-8-9(2)17-14-12(8)13(18-10(3)19-14)16-7-5-6-15-11(4)20;/h5-7H2,1-4H3,(H,15,20)(H2,16,17,18,19);. The van der Waals surface area contributed by atoms with Crippen molar-refractivity contribution in [1.82, 2.24) is 20.3 Å². The summed E-state index contributed by atoms with van der Waals surface area (Å²) < 4.78 is 0. The number of aromatic amines is 1. The number of amides is 1. The van der Waals surface area contributed by atoms with Gasteiger partial charge in [0.15, 0.2) is 0 Å². The van der Waals surface area contributed by atoms with Crippen LogP contribution in [0.15, 0.2) is 0 Å². The minimum atomic E-state index is 0. The van der Waals surface area contributed by atoms with Crippen LogP contribution in [0.5, 0.6) is 0 Å². The van der Waals surface area contributed by atoms with Crippen LogP contribution in [0.4, 0.5) is 5.82 Å². The summed E-state index contributed by atoms with van der Waals surface area (Å²) in [6, 6.07) is 0. The Labute approximate surface area is 136 Å². The number of aryl methyl sites for hydroxylation is 3. The molecule has 0 aromatic carbocycles. The zero-order valence-corrected chi connectivity index (χ0v) is 14.3. The number of hydrogen-bond donors (Lipinski definition) is 3. The van der Waals surface area contributed by atoms with Gasteiger partial charge in [0.1, 0.15) is 17.3 Å². The van der Waals surface area contributed by atoms with E-state index in [0.717, 1.165) is 41.3 Å². The number of carbonyl (C=O) groups excluding carboxylic acids is 1. The van der Waals surface area contributed by atoms with Gasteiger partial charge in [-0.15, -0.1) is 0 Å². The van der Waals surface area contributed by atoms with Crippen LogP contribution in [0.3, 0.4) is 0 Å². The first kappa shape index (κ1) is 17.5. The number of rotatable bonds is 5. The summed E-state index contributed by atoms with van der Waals surface area (Å²) in [5.41, 5.74) is 3.16. The number of H-pyrrole nitrogens is 1. The average Bonchev–Trinajstić information content (AvgIpc) is 2.63. The number of fused-ring (bicyclic) bond motifs is 1. The molecule has 3 N–H and O–H groups in total. The van der Waals surface area contributed by atoms with E-state index < -0.39 is 0 Å². The molecule has 0 bridgehead atoms. The van der Waals surface area contributed by atoms with Gasteiger partial charge in [-0.2, -0.15) is 0 Å². The Kier molecular flexibility index (Phi) is 6.24. The molecule has 0 aliphatic heterocycles. The smallest absolute Gasteiger partial charge is 0.216 e. The minimum absolute atomic E-state index is 0. The molecule has 0 spiro atoms. The van der Waals surface area contributed by atoms with E-state index >= 15 is 0 Å². The van der Waals surface area contributed by atoms with Gasteiger partial charge in [0.2, 0.25) is 5.91 Å². The van der Waals surface area contributed by atoms with Gasteiger partial charge in [-0.25, -0.2) is 9.97 Å². The molecule has 7 heteroatoms. The van der Waals surface area contributed by atoms with E-state index in [9.17, 15) is 4.79 Å². The third kappa shape index (κ3) is 4.22. The second-order valence-electron chi connectivity index (χ2n) is 4.98. The Morgan fingerprint density at radius 3 is 2.57 bits per heavy atom. The first-order chi connectivity index (χ1) is 9.49. The van der Waals surface area contributed by atoms with Gasteiger partial charge in [0.05, 0.1) is 5.39 Å². The molecule has 1 amide bonds. The Morgan fingerprint density at radius 2 is 1.90 bits per heavy atom. The predicted octanol–water partition coefficient (Wildman–Crippen LogP) is 1.82. The molecule has 113 valence electrons. The summed E-state index contributed by atoms with van der Waals surface area (Å²) in [6.07, 6.45) is 0.854. The fourth-order valence-corrected chi connectivity index (χ4v) is 2.16. The van der Waals surface area contributed by atoms with E-state index in [1.54, 1.807) is 0 Å². The normalized spacial score (nSPS) is 10.3. The average molecular weight is 326 g/mol. The molecule has 21 heavy (non-hydrogen) atoms. The van der Waals surface area contributed by atoms with Crippen LogP contribution < -0.4 is 10.6 Å². The first-order valence-electron chi connectivity index (χ1n) is 6.81. The summed E-state index contributed by atoms with van der Waals surface area (Å²) in [5, 5.41) is 7.16. The van der Waals surface area contributed by atoms with Gasteiger partial charge in [-0.3, -0.25) is 4.79 Å². The first-order valence-corrected chi connectivity index (χ1v) is 6.81. The van der Waals surface area contributed by atoms with E-state index in [1.807, 2.05) is 13.8 Å². The molecule has 0 saturated carbocycles. The van der Waals surface area contributed by atoms with Crippen molar-refractivity contribution in [3.05, 3.63) is 17.1 Å². The summed E-state index contributed by atoms with van der Waals surface area (Å²) in [7, 11) is 0. The molecule has 1 radical (unpaired) electrons. The maximum Gasteiger partial charge on any atom is 0.216 e. The molecule has 2 aromatic heterocycles. The second kappa shape index (κ2) is 7.47. The molecular formula is C14H21N5OV. The number of aromatic nitrogens is 3. The molecular weight excluding hydrogens is 305 g/mol.